The Kier molecular flexibility index (Phi) is 4.20. The average Bonchev–Trinajstić information content (AvgIpc) is 2.78. The highest BCUT2D eigenvalue weighted by atomic mass is 32.1. The first-order chi connectivity index (χ1) is 10.6. The molecular formula is C16H17N3O2S. The number of aromatic nitrogens is 1. The topological polar surface area (TPSA) is 71.1 Å². The quantitative estimate of drug-likeness (QED) is 0.913. The molecule has 1 aromatic heterocycles. The van der Waals surface area contributed by atoms with Gasteiger partial charge in [0.25, 0.3) is 5.91 Å². The Morgan fingerprint density at radius 3 is 3.14 bits per heavy atom. The molecule has 1 aromatic carbocycles. The number of carbonyl (C=O) groups is 2. The van der Waals surface area contributed by atoms with Gasteiger partial charge >= 0.3 is 0 Å². The number of benzene rings is 1. The SMILES string of the molecule is Cc1cccc(CC(=O)Nc2nc3c(s2)C(=O)NCCC3)c1. The summed E-state index contributed by atoms with van der Waals surface area (Å²) < 4.78 is 0. The Hall–Kier alpha value is -2.21. The summed E-state index contributed by atoms with van der Waals surface area (Å²) in [6.45, 7) is 2.68. The van der Waals surface area contributed by atoms with Crippen LogP contribution in [0.2, 0.25) is 0 Å². The van der Waals surface area contributed by atoms with Gasteiger partial charge in [-0.3, -0.25) is 9.59 Å². The average molecular weight is 315 g/mol. The van der Waals surface area contributed by atoms with Gasteiger partial charge in [0.2, 0.25) is 5.91 Å². The van der Waals surface area contributed by atoms with Crippen LogP contribution in [0.3, 0.4) is 0 Å². The van der Waals surface area contributed by atoms with E-state index in [1.165, 1.54) is 11.3 Å². The van der Waals surface area contributed by atoms with E-state index >= 15 is 0 Å². The Morgan fingerprint density at radius 2 is 2.32 bits per heavy atom. The number of amides is 2. The fourth-order valence-corrected chi connectivity index (χ4v) is 3.41. The van der Waals surface area contributed by atoms with Crippen LogP contribution in [0.5, 0.6) is 0 Å². The second-order valence-electron chi connectivity index (χ2n) is 5.37. The Balaban J connectivity index is 1.69. The van der Waals surface area contributed by atoms with E-state index in [0.717, 1.165) is 29.7 Å². The van der Waals surface area contributed by atoms with Crippen molar-refractivity contribution < 1.29 is 9.59 Å². The van der Waals surface area contributed by atoms with Gasteiger partial charge in [0.05, 0.1) is 12.1 Å². The minimum atomic E-state index is -0.116. The van der Waals surface area contributed by atoms with Crippen molar-refractivity contribution in [3.8, 4) is 0 Å². The highest BCUT2D eigenvalue weighted by Gasteiger charge is 2.21. The molecule has 0 fully saturated rings. The fourth-order valence-electron chi connectivity index (χ4n) is 2.46. The summed E-state index contributed by atoms with van der Waals surface area (Å²) in [5, 5.41) is 6.13. The van der Waals surface area contributed by atoms with Gasteiger partial charge in [-0.25, -0.2) is 4.98 Å². The third-order valence-electron chi connectivity index (χ3n) is 3.47. The second kappa shape index (κ2) is 6.27. The smallest absolute Gasteiger partial charge is 0.263 e. The molecule has 0 aliphatic carbocycles. The van der Waals surface area contributed by atoms with Crippen molar-refractivity contribution in [2.75, 3.05) is 11.9 Å². The second-order valence-corrected chi connectivity index (χ2v) is 6.37. The molecule has 1 aliphatic heterocycles. The lowest BCUT2D eigenvalue weighted by atomic mass is 10.1. The zero-order chi connectivity index (χ0) is 15.5. The maximum atomic E-state index is 12.1. The van der Waals surface area contributed by atoms with E-state index in [-0.39, 0.29) is 11.8 Å². The van der Waals surface area contributed by atoms with Crippen LogP contribution in [0.1, 0.15) is 32.9 Å². The molecule has 0 spiro atoms. The fraction of sp³-hybridized carbons (Fsp3) is 0.312. The number of rotatable bonds is 3. The zero-order valence-corrected chi connectivity index (χ0v) is 13.1. The van der Waals surface area contributed by atoms with Crippen molar-refractivity contribution in [1.82, 2.24) is 10.3 Å². The third-order valence-corrected chi connectivity index (χ3v) is 4.48. The number of hydrogen-bond acceptors (Lipinski definition) is 4. The van der Waals surface area contributed by atoms with Crippen LogP contribution in [0.4, 0.5) is 5.13 Å². The van der Waals surface area contributed by atoms with Crippen LogP contribution in [0, 0.1) is 6.92 Å². The summed E-state index contributed by atoms with van der Waals surface area (Å²) in [6.07, 6.45) is 1.94. The monoisotopic (exact) mass is 315 g/mol. The van der Waals surface area contributed by atoms with E-state index in [2.05, 4.69) is 15.6 Å². The Labute approximate surface area is 132 Å². The number of thiazole rings is 1. The highest BCUT2D eigenvalue weighted by Crippen LogP contribution is 2.25. The molecular weight excluding hydrogens is 298 g/mol. The van der Waals surface area contributed by atoms with Gasteiger partial charge in [-0.15, -0.1) is 0 Å². The maximum absolute atomic E-state index is 12.1. The molecule has 3 rings (SSSR count). The summed E-state index contributed by atoms with van der Waals surface area (Å²) in [7, 11) is 0. The molecule has 22 heavy (non-hydrogen) atoms. The first-order valence-corrected chi connectivity index (χ1v) is 8.07. The number of carbonyl (C=O) groups excluding carboxylic acids is 2. The largest absolute Gasteiger partial charge is 0.351 e. The molecule has 0 unspecified atom stereocenters. The predicted molar refractivity (Wildman–Crippen MR) is 86.3 cm³/mol. The van der Waals surface area contributed by atoms with Crippen LogP contribution >= 0.6 is 11.3 Å². The lowest BCUT2D eigenvalue weighted by Gasteiger charge is -2.03. The summed E-state index contributed by atoms with van der Waals surface area (Å²) in [5.74, 6) is -0.209. The minimum Gasteiger partial charge on any atom is -0.351 e. The number of fused-ring (bicyclic) bond motifs is 1. The highest BCUT2D eigenvalue weighted by molar-refractivity contribution is 7.17. The summed E-state index contributed by atoms with van der Waals surface area (Å²) in [5.41, 5.74) is 2.88. The van der Waals surface area contributed by atoms with Crippen molar-refractivity contribution in [3.63, 3.8) is 0 Å². The van der Waals surface area contributed by atoms with E-state index in [9.17, 15) is 9.59 Å². The normalized spacial score (nSPS) is 14.0. The van der Waals surface area contributed by atoms with Gasteiger partial charge in [-0.05, 0) is 25.3 Å². The Morgan fingerprint density at radius 1 is 1.45 bits per heavy atom. The van der Waals surface area contributed by atoms with Gasteiger partial charge in [-0.2, -0.15) is 0 Å². The van der Waals surface area contributed by atoms with E-state index in [4.69, 9.17) is 0 Å². The molecule has 2 heterocycles. The molecule has 0 radical (unpaired) electrons. The molecule has 2 N–H and O–H groups in total. The lowest BCUT2D eigenvalue weighted by molar-refractivity contribution is -0.115. The molecule has 114 valence electrons. The molecule has 0 saturated heterocycles. The summed E-state index contributed by atoms with van der Waals surface area (Å²) >= 11 is 1.24. The molecule has 2 amide bonds. The minimum absolute atomic E-state index is 0.0933. The van der Waals surface area contributed by atoms with E-state index < -0.39 is 0 Å². The van der Waals surface area contributed by atoms with E-state index in [1.54, 1.807) is 0 Å². The maximum Gasteiger partial charge on any atom is 0.263 e. The van der Waals surface area contributed by atoms with Crippen molar-refractivity contribution in [3.05, 3.63) is 46.0 Å². The van der Waals surface area contributed by atoms with Crippen LogP contribution < -0.4 is 10.6 Å². The summed E-state index contributed by atoms with van der Waals surface area (Å²) in [4.78, 5) is 29.0. The molecule has 0 atom stereocenters. The first kappa shape index (κ1) is 14.7. The van der Waals surface area contributed by atoms with Crippen molar-refractivity contribution >= 4 is 28.3 Å². The molecule has 5 nitrogen and oxygen atoms in total. The van der Waals surface area contributed by atoms with Crippen molar-refractivity contribution in [2.45, 2.75) is 26.2 Å². The Bertz CT molecular complexity index is 724. The number of nitrogens with one attached hydrogen (secondary N) is 2. The molecule has 0 saturated carbocycles. The number of aryl methyl sites for hydroxylation is 2. The number of nitrogens with zero attached hydrogens (tertiary/aromatic N) is 1. The van der Waals surface area contributed by atoms with E-state index in [1.807, 2.05) is 31.2 Å². The molecule has 2 aromatic rings. The third kappa shape index (κ3) is 3.33. The first-order valence-electron chi connectivity index (χ1n) is 7.25. The van der Waals surface area contributed by atoms with Crippen LogP contribution in [-0.4, -0.2) is 23.3 Å². The van der Waals surface area contributed by atoms with Gasteiger partial charge < -0.3 is 10.6 Å². The number of anilines is 1. The molecule has 6 heteroatoms. The van der Waals surface area contributed by atoms with Gasteiger partial charge in [0.15, 0.2) is 5.13 Å². The van der Waals surface area contributed by atoms with Crippen molar-refractivity contribution in [1.29, 1.82) is 0 Å². The van der Waals surface area contributed by atoms with Crippen LogP contribution in [-0.2, 0) is 17.6 Å². The van der Waals surface area contributed by atoms with Crippen LogP contribution in [0.25, 0.3) is 0 Å². The standard InChI is InChI=1S/C16H17N3O2S/c1-10-4-2-5-11(8-10)9-13(20)19-16-18-12-6-3-7-17-15(21)14(12)22-16/h2,4-5,8H,3,6-7,9H2,1H3,(H,17,21)(H,18,19,20). The van der Waals surface area contributed by atoms with Crippen molar-refractivity contribution in [2.24, 2.45) is 0 Å². The molecule has 0 bridgehead atoms. The van der Waals surface area contributed by atoms with Gasteiger partial charge in [0, 0.05) is 6.54 Å². The van der Waals surface area contributed by atoms with Gasteiger partial charge in [-0.1, -0.05) is 41.2 Å². The summed E-state index contributed by atoms with van der Waals surface area (Å²) in [6, 6.07) is 7.85. The predicted octanol–water partition coefficient (Wildman–Crippen LogP) is 2.31. The van der Waals surface area contributed by atoms with E-state index in [0.29, 0.717) is 23.0 Å². The lowest BCUT2D eigenvalue weighted by Crippen LogP contribution is -2.21. The molecule has 1 aliphatic rings. The van der Waals surface area contributed by atoms with Crippen LogP contribution in [0.15, 0.2) is 24.3 Å². The number of hydrogen-bond donors (Lipinski definition) is 2. The zero-order valence-electron chi connectivity index (χ0n) is 12.3. The van der Waals surface area contributed by atoms with Gasteiger partial charge in [0.1, 0.15) is 4.88 Å².